The number of carbonyl (C=O) groups is 3. The fraction of sp³-hybridized carbons (Fsp3) is 0.286. The number of nitrogens with one attached hydrogen (secondary N) is 2. The summed E-state index contributed by atoms with van der Waals surface area (Å²) in [5.41, 5.74) is 1.27. The number of hydrogen-bond acceptors (Lipinski definition) is 3. The highest BCUT2D eigenvalue weighted by Crippen LogP contribution is 2.18. The van der Waals surface area contributed by atoms with E-state index in [0.29, 0.717) is 18.4 Å². The number of carboxylic acids is 1. The molecular formula is C21H24N2O4. The first-order chi connectivity index (χ1) is 13.0. The van der Waals surface area contributed by atoms with Crippen molar-refractivity contribution in [1.29, 1.82) is 0 Å². The fourth-order valence-electron chi connectivity index (χ4n) is 2.75. The van der Waals surface area contributed by atoms with Gasteiger partial charge in [0.25, 0.3) is 5.91 Å². The first kappa shape index (κ1) is 20.2. The van der Waals surface area contributed by atoms with Crippen LogP contribution in [0.4, 0.5) is 0 Å². The molecule has 0 saturated carbocycles. The Hall–Kier alpha value is -3.15. The molecule has 2 aromatic carbocycles. The molecule has 6 nitrogen and oxygen atoms in total. The van der Waals surface area contributed by atoms with Crippen LogP contribution in [0, 0.1) is 0 Å². The highest BCUT2D eigenvalue weighted by molar-refractivity contribution is 5.94. The summed E-state index contributed by atoms with van der Waals surface area (Å²) in [6.45, 7) is 1.86. The van der Waals surface area contributed by atoms with Gasteiger partial charge in [-0.2, -0.15) is 0 Å². The summed E-state index contributed by atoms with van der Waals surface area (Å²) in [4.78, 5) is 36.2. The van der Waals surface area contributed by atoms with Gasteiger partial charge in [0.05, 0.1) is 12.5 Å². The van der Waals surface area contributed by atoms with E-state index in [9.17, 15) is 19.5 Å². The van der Waals surface area contributed by atoms with Crippen LogP contribution in [0.1, 0.15) is 48.1 Å². The Labute approximate surface area is 158 Å². The van der Waals surface area contributed by atoms with Crippen LogP contribution in [0.15, 0.2) is 60.7 Å². The largest absolute Gasteiger partial charge is 0.480 e. The predicted octanol–water partition coefficient (Wildman–Crippen LogP) is 2.92. The second kappa shape index (κ2) is 10.1. The quantitative estimate of drug-likeness (QED) is 0.634. The van der Waals surface area contributed by atoms with Gasteiger partial charge in [0.1, 0.15) is 6.04 Å². The second-order valence-electron chi connectivity index (χ2n) is 6.25. The molecule has 0 bridgehead atoms. The third kappa shape index (κ3) is 6.26. The van der Waals surface area contributed by atoms with Gasteiger partial charge < -0.3 is 15.7 Å². The van der Waals surface area contributed by atoms with E-state index in [-0.39, 0.29) is 12.3 Å². The van der Waals surface area contributed by atoms with Crippen molar-refractivity contribution in [1.82, 2.24) is 10.6 Å². The third-order valence-electron chi connectivity index (χ3n) is 4.14. The van der Waals surface area contributed by atoms with Gasteiger partial charge in [-0.25, -0.2) is 4.79 Å². The molecular weight excluding hydrogens is 344 g/mol. The monoisotopic (exact) mass is 368 g/mol. The lowest BCUT2D eigenvalue weighted by molar-refractivity contribution is -0.142. The summed E-state index contributed by atoms with van der Waals surface area (Å²) in [5.74, 6) is -1.77. The maximum absolute atomic E-state index is 12.5. The lowest BCUT2D eigenvalue weighted by Gasteiger charge is -2.21. The van der Waals surface area contributed by atoms with Crippen molar-refractivity contribution in [3.8, 4) is 0 Å². The normalized spacial score (nSPS) is 12.6. The minimum Gasteiger partial charge on any atom is -0.480 e. The Morgan fingerprint density at radius 3 is 2.07 bits per heavy atom. The van der Waals surface area contributed by atoms with Crippen molar-refractivity contribution < 1.29 is 19.5 Å². The van der Waals surface area contributed by atoms with E-state index >= 15 is 0 Å². The maximum atomic E-state index is 12.5. The van der Waals surface area contributed by atoms with Crippen LogP contribution >= 0.6 is 0 Å². The number of carbonyl (C=O) groups excluding carboxylic acids is 2. The molecule has 0 unspecified atom stereocenters. The summed E-state index contributed by atoms with van der Waals surface area (Å²) in [6, 6.07) is 16.4. The van der Waals surface area contributed by atoms with Gasteiger partial charge in [0.15, 0.2) is 0 Å². The summed E-state index contributed by atoms with van der Waals surface area (Å²) in [7, 11) is 0. The molecule has 27 heavy (non-hydrogen) atoms. The first-order valence-electron chi connectivity index (χ1n) is 8.94. The summed E-state index contributed by atoms with van der Waals surface area (Å²) >= 11 is 0. The van der Waals surface area contributed by atoms with E-state index in [1.54, 1.807) is 24.3 Å². The van der Waals surface area contributed by atoms with Gasteiger partial charge in [-0.15, -0.1) is 0 Å². The Morgan fingerprint density at radius 2 is 1.52 bits per heavy atom. The highest BCUT2D eigenvalue weighted by Gasteiger charge is 2.23. The topological polar surface area (TPSA) is 95.5 Å². The zero-order valence-corrected chi connectivity index (χ0v) is 15.2. The van der Waals surface area contributed by atoms with Gasteiger partial charge in [-0.1, -0.05) is 61.9 Å². The van der Waals surface area contributed by atoms with Crippen molar-refractivity contribution in [3.05, 3.63) is 71.8 Å². The highest BCUT2D eigenvalue weighted by atomic mass is 16.4. The van der Waals surface area contributed by atoms with Crippen LogP contribution in [0.25, 0.3) is 0 Å². The number of hydrogen-bond donors (Lipinski definition) is 3. The van der Waals surface area contributed by atoms with Gasteiger partial charge in [0.2, 0.25) is 5.91 Å². The SMILES string of the molecule is CCC[C@@H](NC(=O)C[C@H](NC(=O)c1ccccc1)c1ccccc1)C(=O)O. The number of rotatable bonds is 9. The van der Waals surface area contributed by atoms with Crippen LogP contribution in [-0.2, 0) is 9.59 Å². The zero-order valence-electron chi connectivity index (χ0n) is 15.2. The van der Waals surface area contributed by atoms with Crippen molar-refractivity contribution in [2.24, 2.45) is 0 Å². The third-order valence-corrected chi connectivity index (χ3v) is 4.14. The standard InChI is InChI=1S/C21H24N2O4/c1-2-9-17(21(26)27)22-19(24)14-18(15-10-5-3-6-11-15)23-20(25)16-12-7-4-8-13-16/h3-8,10-13,17-18H,2,9,14H2,1H3,(H,22,24)(H,23,25)(H,26,27)/t17-,18+/m1/s1. The lowest BCUT2D eigenvalue weighted by Crippen LogP contribution is -2.42. The molecule has 0 aromatic heterocycles. The number of aliphatic carboxylic acids is 1. The Balaban J connectivity index is 2.12. The molecule has 2 aromatic rings. The van der Waals surface area contributed by atoms with Crippen LogP contribution in [0.5, 0.6) is 0 Å². The molecule has 0 saturated heterocycles. The van der Waals surface area contributed by atoms with Crippen LogP contribution < -0.4 is 10.6 Å². The molecule has 0 radical (unpaired) electrons. The Kier molecular flexibility index (Phi) is 7.55. The average Bonchev–Trinajstić information content (AvgIpc) is 2.68. The van der Waals surface area contributed by atoms with Crippen LogP contribution in [-0.4, -0.2) is 28.9 Å². The van der Waals surface area contributed by atoms with Gasteiger partial charge in [-0.05, 0) is 24.1 Å². The van der Waals surface area contributed by atoms with E-state index < -0.39 is 24.0 Å². The van der Waals surface area contributed by atoms with E-state index in [4.69, 9.17) is 0 Å². The molecule has 0 spiro atoms. The molecule has 0 aliphatic rings. The van der Waals surface area contributed by atoms with Crippen LogP contribution in [0.2, 0.25) is 0 Å². The van der Waals surface area contributed by atoms with Gasteiger partial charge in [0, 0.05) is 5.56 Å². The van der Waals surface area contributed by atoms with Crippen molar-refractivity contribution >= 4 is 17.8 Å². The number of carboxylic acid groups (broad SMARTS) is 1. The average molecular weight is 368 g/mol. The lowest BCUT2D eigenvalue weighted by atomic mass is 10.0. The molecule has 142 valence electrons. The molecule has 2 atom stereocenters. The van der Waals surface area contributed by atoms with Crippen molar-refractivity contribution in [2.45, 2.75) is 38.3 Å². The smallest absolute Gasteiger partial charge is 0.326 e. The number of benzene rings is 2. The zero-order chi connectivity index (χ0) is 19.6. The minimum absolute atomic E-state index is 0.0456. The van der Waals surface area contributed by atoms with Gasteiger partial charge in [-0.3, -0.25) is 9.59 Å². The second-order valence-corrected chi connectivity index (χ2v) is 6.25. The molecule has 2 rings (SSSR count). The maximum Gasteiger partial charge on any atom is 0.326 e. The molecule has 6 heteroatoms. The first-order valence-corrected chi connectivity index (χ1v) is 8.94. The Bertz CT molecular complexity index is 762. The number of amides is 2. The molecule has 3 N–H and O–H groups in total. The summed E-state index contributed by atoms with van der Waals surface area (Å²) < 4.78 is 0. The fourth-order valence-corrected chi connectivity index (χ4v) is 2.75. The van der Waals surface area contributed by atoms with E-state index in [1.807, 2.05) is 43.3 Å². The molecule has 0 aliphatic carbocycles. The molecule has 0 heterocycles. The summed E-state index contributed by atoms with van der Waals surface area (Å²) in [5, 5.41) is 14.6. The van der Waals surface area contributed by atoms with E-state index in [2.05, 4.69) is 10.6 Å². The van der Waals surface area contributed by atoms with Crippen molar-refractivity contribution in [3.63, 3.8) is 0 Å². The Morgan fingerprint density at radius 1 is 0.926 bits per heavy atom. The molecule has 0 aliphatic heterocycles. The predicted molar refractivity (Wildman–Crippen MR) is 102 cm³/mol. The van der Waals surface area contributed by atoms with Gasteiger partial charge >= 0.3 is 5.97 Å². The van der Waals surface area contributed by atoms with Crippen molar-refractivity contribution in [2.75, 3.05) is 0 Å². The summed E-state index contributed by atoms with van der Waals surface area (Å²) in [6.07, 6.45) is 0.952. The van der Waals surface area contributed by atoms with Crippen LogP contribution in [0.3, 0.4) is 0 Å². The molecule has 0 fully saturated rings. The van der Waals surface area contributed by atoms with E-state index in [0.717, 1.165) is 5.56 Å². The van der Waals surface area contributed by atoms with E-state index in [1.165, 1.54) is 0 Å². The molecule has 2 amide bonds. The minimum atomic E-state index is -1.06.